The van der Waals surface area contributed by atoms with Crippen molar-refractivity contribution in [3.63, 3.8) is 0 Å². The lowest BCUT2D eigenvalue weighted by Gasteiger charge is -2.10. The molecule has 0 aliphatic carbocycles. The van der Waals surface area contributed by atoms with Crippen LogP contribution in [0.1, 0.15) is 35.5 Å². The van der Waals surface area contributed by atoms with E-state index in [1.165, 1.54) is 18.3 Å². The second-order valence-corrected chi connectivity index (χ2v) is 6.55. The van der Waals surface area contributed by atoms with Crippen molar-refractivity contribution in [1.82, 2.24) is 15.3 Å². The number of carbonyl (C=O) groups is 2. The summed E-state index contributed by atoms with van der Waals surface area (Å²) in [5.41, 5.74) is 0.958. The van der Waals surface area contributed by atoms with E-state index in [0.29, 0.717) is 5.69 Å². The maximum absolute atomic E-state index is 13.8. The third kappa shape index (κ3) is 7.13. The van der Waals surface area contributed by atoms with Crippen LogP contribution in [0.5, 0.6) is 5.88 Å². The number of aromatic nitrogens is 2. The van der Waals surface area contributed by atoms with E-state index in [2.05, 4.69) is 20.0 Å². The van der Waals surface area contributed by atoms with Gasteiger partial charge in [0.1, 0.15) is 5.78 Å². The molecule has 6 nitrogen and oxygen atoms in total. The number of Topliss-reactive ketones (excluding diaryl/α,β-unsaturated/α-hetero) is 1. The van der Waals surface area contributed by atoms with Crippen molar-refractivity contribution >= 4 is 11.7 Å². The first kappa shape index (κ1) is 22.3. The molecule has 1 amide bonds. The predicted octanol–water partition coefficient (Wildman–Crippen LogP) is 3.25. The molecule has 2 aromatic rings. The third-order valence-corrected chi connectivity index (χ3v) is 3.77. The van der Waals surface area contributed by atoms with Crippen molar-refractivity contribution in [3.05, 3.63) is 53.2 Å². The molecule has 2 heterocycles. The Morgan fingerprint density at radius 1 is 1.21 bits per heavy atom. The minimum Gasteiger partial charge on any atom is -0.466 e. The highest BCUT2D eigenvalue weighted by molar-refractivity contribution is 5.94. The maximum Gasteiger partial charge on any atom is 0.422 e. The van der Waals surface area contributed by atoms with Gasteiger partial charge in [0.05, 0.1) is 0 Å². The predicted molar refractivity (Wildman–Crippen MR) is 94.7 cm³/mol. The number of alkyl halides is 3. The Hall–Kier alpha value is -3.04. The summed E-state index contributed by atoms with van der Waals surface area (Å²) >= 11 is 0. The van der Waals surface area contributed by atoms with E-state index in [4.69, 9.17) is 0 Å². The number of halogens is 4. The first-order valence-corrected chi connectivity index (χ1v) is 8.65. The molecule has 0 atom stereocenters. The molecule has 156 valence electrons. The highest BCUT2D eigenvalue weighted by Crippen LogP contribution is 2.20. The van der Waals surface area contributed by atoms with E-state index >= 15 is 0 Å². The van der Waals surface area contributed by atoms with Crippen molar-refractivity contribution in [1.29, 1.82) is 0 Å². The number of pyridine rings is 2. The molecular weight excluding hydrogens is 394 g/mol. The van der Waals surface area contributed by atoms with Crippen LogP contribution in [0.2, 0.25) is 0 Å². The van der Waals surface area contributed by atoms with Crippen LogP contribution >= 0.6 is 0 Å². The average Bonchev–Trinajstić information content (AvgIpc) is 2.64. The minimum absolute atomic E-state index is 0.00978. The first-order chi connectivity index (χ1) is 13.5. The second-order valence-electron chi connectivity index (χ2n) is 6.55. The van der Waals surface area contributed by atoms with Crippen molar-refractivity contribution in [2.75, 3.05) is 6.61 Å². The largest absolute Gasteiger partial charge is 0.466 e. The van der Waals surface area contributed by atoms with Gasteiger partial charge in [0.2, 0.25) is 0 Å². The monoisotopic (exact) mass is 413 g/mol. The molecule has 2 rings (SSSR count). The Morgan fingerprint density at radius 3 is 2.55 bits per heavy atom. The molecule has 0 aliphatic heterocycles. The van der Waals surface area contributed by atoms with Gasteiger partial charge >= 0.3 is 6.18 Å². The summed E-state index contributed by atoms with van der Waals surface area (Å²) in [7, 11) is 0. The lowest BCUT2D eigenvalue weighted by Crippen LogP contribution is -2.23. The third-order valence-electron chi connectivity index (χ3n) is 3.77. The van der Waals surface area contributed by atoms with Gasteiger partial charge in [-0.2, -0.15) is 13.2 Å². The minimum atomic E-state index is -4.61. The van der Waals surface area contributed by atoms with Gasteiger partial charge < -0.3 is 10.1 Å². The summed E-state index contributed by atoms with van der Waals surface area (Å²) in [5, 5.41) is 2.54. The van der Waals surface area contributed by atoms with Crippen molar-refractivity contribution < 1.29 is 31.9 Å². The van der Waals surface area contributed by atoms with Crippen molar-refractivity contribution in [2.45, 2.75) is 33.0 Å². The first-order valence-electron chi connectivity index (χ1n) is 8.65. The summed E-state index contributed by atoms with van der Waals surface area (Å²) in [4.78, 5) is 31.6. The number of ketones is 1. The second kappa shape index (κ2) is 9.44. The lowest BCUT2D eigenvalue weighted by atomic mass is 10.0. The number of hydrogen-bond donors (Lipinski definition) is 1. The van der Waals surface area contributed by atoms with Gasteiger partial charge in [-0.15, -0.1) is 0 Å². The van der Waals surface area contributed by atoms with Gasteiger partial charge in [-0.05, 0) is 23.8 Å². The zero-order valence-electron chi connectivity index (χ0n) is 15.7. The molecule has 10 heteroatoms. The molecule has 0 saturated heterocycles. The average molecular weight is 413 g/mol. The number of rotatable bonds is 8. The molecule has 0 fully saturated rings. The van der Waals surface area contributed by atoms with Gasteiger partial charge in [0.15, 0.2) is 12.4 Å². The number of nitrogens with zero attached hydrogens (tertiary/aromatic N) is 2. The Labute approximate surface area is 164 Å². The number of nitrogens with one attached hydrogen (secondary N) is 1. The molecule has 0 saturated carbocycles. The molecule has 0 aliphatic rings. The fraction of sp³-hybridized carbons (Fsp3) is 0.368. The van der Waals surface area contributed by atoms with Crippen molar-refractivity contribution in [2.24, 2.45) is 5.92 Å². The Kier molecular flexibility index (Phi) is 7.24. The zero-order valence-corrected chi connectivity index (χ0v) is 15.7. The van der Waals surface area contributed by atoms with Crippen LogP contribution in [-0.4, -0.2) is 34.4 Å². The summed E-state index contributed by atoms with van der Waals surface area (Å²) in [6, 6.07) is 3.88. The molecule has 0 unspecified atom stereocenters. The molecule has 0 bridgehead atoms. The van der Waals surface area contributed by atoms with Crippen LogP contribution in [0.3, 0.4) is 0 Å². The molecule has 0 spiro atoms. The summed E-state index contributed by atoms with van der Waals surface area (Å²) in [5.74, 6) is -2.49. The standard InChI is InChI=1S/C19H19F4N3O3/c1-11(2)16(27)7-14-6-13(3-4-24-14)17(28)25-8-12-5-15(20)18(26-9-12)29-10-19(21,22)23/h3-6,9,11H,7-8,10H2,1-2H3,(H,25,28). The molecule has 29 heavy (non-hydrogen) atoms. The van der Waals surface area contributed by atoms with Gasteiger partial charge in [-0.3, -0.25) is 14.6 Å². The van der Waals surface area contributed by atoms with E-state index in [1.807, 2.05) is 0 Å². The van der Waals surface area contributed by atoms with E-state index in [9.17, 15) is 27.2 Å². The van der Waals surface area contributed by atoms with Crippen molar-refractivity contribution in [3.8, 4) is 5.88 Å². The molecular formula is C19H19F4N3O3. The Balaban J connectivity index is 1.97. The lowest BCUT2D eigenvalue weighted by molar-refractivity contribution is -0.154. The molecule has 2 aromatic heterocycles. The van der Waals surface area contributed by atoms with Gasteiger partial charge in [-0.1, -0.05) is 13.8 Å². The zero-order chi connectivity index (χ0) is 21.6. The topological polar surface area (TPSA) is 81.2 Å². The van der Waals surface area contributed by atoms with E-state index in [0.717, 1.165) is 12.3 Å². The molecule has 1 N–H and O–H groups in total. The van der Waals surface area contributed by atoms with E-state index in [-0.39, 0.29) is 35.8 Å². The van der Waals surface area contributed by atoms with Gasteiger partial charge in [0, 0.05) is 42.5 Å². The number of hydrogen-bond acceptors (Lipinski definition) is 5. The normalized spacial score (nSPS) is 11.4. The Morgan fingerprint density at radius 2 is 1.93 bits per heavy atom. The van der Waals surface area contributed by atoms with Crippen LogP contribution in [0.15, 0.2) is 30.6 Å². The van der Waals surface area contributed by atoms with Crippen LogP contribution in [0.4, 0.5) is 17.6 Å². The van der Waals surface area contributed by atoms with Gasteiger partial charge in [0.25, 0.3) is 11.8 Å². The number of amides is 1. The summed E-state index contributed by atoms with van der Waals surface area (Å²) in [6.07, 6.45) is -1.99. The molecule has 0 radical (unpaired) electrons. The smallest absolute Gasteiger partial charge is 0.422 e. The fourth-order valence-electron chi connectivity index (χ4n) is 2.20. The van der Waals surface area contributed by atoms with Crippen LogP contribution in [0.25, 0.3) is 0 Å². The summed E-state index contributed by atoms with van der Waals surface area (Å²) < 4.78 is 54.4. The SMILES string of the molecule is CC(C)C(=O)Cc1cc(C(=O)NCc2cnc(OCC(F)(F)F)c(F)c2)ccn1. The number of carbonyl (C=O) groups excluding carboxylic acids is 2. The highest BCUT2D eigenvalue weighted by atomic mass is 19.4. The van der Waals surface area contributed by atoms with E-state index in [1.54, 1.807) is 13.8 Å². The quantitative estimate of drug-likeness (QED) is 0.672. The fourth-order valence-corrected chi connectivity index (χ4v) is 2.20. The highest BCUT2D eigenvalue weighted by Gasteiger charge is 2.29. The Bertz CT molecular complexity index is 885. The van der Waals surface area contributed by atoms with Crippen LogP contribution in [0, 0.1) is 11.7 Å². The maximum atomic E-state index is 13.8. The summed E-state index contributed by atoms with van der Waals surface area (Å²) in [6.45, 7) is 1.78. The van der Waals surface area contributed by atoms with E-state index < -0.39 is 30.4 Å². The number of ether oxygens (including phenoxy) is 1. The molecule has 0 aromatic carbocycles. The van der Waals surface area contributed by atoms with Gasteiger partial charge in [-0.25, -0.2) is 9.37 Å². The van der Waals surface area contributed by atoms with Crippen LogP contribution < -0.4 is 10.1 Å². The van der Waals surface area contributed by atoms with Crippen LogP contribution in [-0.2, 0) is 17.8 Å².